The van der Waals surface area contributed by atoms with Crippen LogP contribution in [0.15, 0.2) is 24.4 Å². The van der Waals surface area contributed by atoms with Crippen LogP contribution in [0.25, 0.3) is 0 Å². The molecule has 1 saturated heterocycles. The Morgan fingerprint density at radius 1 is 1.44 bits per heavy atom. The Labute approximate surface area is 110 Å². The Kier molecular flexibility index (Phi) is 5.14. The van der Waals surface area contributed by atoms with Gasteiger partial charge in [0, 0.05) is 18.8 Å². The van der Waals surface area contributed by atoms with Crippen LogP contribution in [-0.4, -0.2) is 29.0 Å². The van der Waals surface area contributed by atoms with E-state index in [1.54, 1.807) is 0 Å². The first-order chi connectivity index (χ1) is 8.86. The van der Waals surface area contributed by atoms with Gasteiger partial charge in [0.05, 0.1) is 11.7 Å². The van der Waals surface area contributed by atoms with Crippen LogP contribution in [0.5, 0.6) is 0 Å². The molecule has 2 heterocycles. The van der Waals surface area contributed by atoms with Crippen LogP contribution in [0.4, 0.5) is 0 Å². The highest BCUT2D eigenvalue weighted by atomic mass is 15.2. The van der Waals surface area contributed by atoms with E-state index in [0.29, 0.717) is 18.6 Å². The molecule has 0 bridgehead atoms. The van der Waals surface area contributed by atoms with Crippen molar-refractivity contribution in [2.45, 2.75) is 51.1 Å². The molecule has 1 aliphatic heterocycles. The van der Waals surface area contributed by atoms with Gasteiger partial charge in [-0.25, -0.2) is 0 Å². The van der Waals surface area contributed by atoms with Crippen molar-refractivity contribution in [3.05, 3.63) is 30.1 Å². The van der Waals surface area contributed by atoms with Crippen LogP contribution in [-0.2, 0) is 0 Å². The van der Waals surface area contributed by atoms with E-state index in [-0.39, 0.29) is 0 Å². The lowest BCUT2D eigenvalue weighted by Crippen LogP contribution is -2.44. The number of likely N-dealkylation sites (tertiary alicyclic amines) is 1. The van der Waals surface area contributed by atoms with Crippen molar-refractivity contribution >= 4 is 0 Å². The number of nitrogens with zero attached hydrogens (tertiary/aromatic N) is 2. The fourth-order valence-electron chi connectivity index (χ4n) is 3.08. The van der Waals surface area contributed by atoms with E-state index in [2.05, 4.69) is 28.9 Å². The average molecular weight is 247 g/mol. The molecule has 0 saturated carbocycles. The summed E-state index contributed by atoms with van der Waals surface area (Å²) < 4.78 is 0. The zero-order chi connectivity index (χ0) is 12.8. The van der Waals surface area contributed by atoms with Gasteiger partial charge >= 0.3 is 0 Å². The van der Waals surface area contributed by atoms with E-state index in [9.17, 15) is 0 Å². The van der Waals surface area contributed by atoms with E-state index in [0.717, 1.165) is 5.69 Å². The molecule has 0 spiro atoms. The van der Waals surface area contributed by atoms with Crippen LogP contribution < -0.4 is 5.73 Å². The van der Waals surface area contributed by atoms with E-state index in [1.807, 2.05) is 12.3 Å². The average Bonchev–Trinajstić information content (AvgIpc) is 2.43. The maximum absolute atomic E-state index is 6.01. The minimum atomic E-state index is 0.294. The molecular weight excluding hydrogens is 222 g/mol. The molecule has 0 aliphatic carbocycles. The molecular formula is C15H25N3. The predicted octanol–water partition coefficient (Wildman–Crippen LogP) is 2.74. The van der Waals surface area contributed by atoms with Crippen LogP contribution >= 0.6 is 0 Å². The van der Waals surface area contributed by atoms with Gasteiger partial charge in [0.15, 0.2) is 0 Å². The summed E-state index contributed by atoms with van der Waals surface area (Å²) in [6, 6.07) is 7.12. The second-order valence-corrected chi connectivity index (χ2v) is 5.18. The Morgan fingerprint density at radius 3 is 3.00 bits per heavy atom. The van der Waals surface area contributed by atoms with Gasteiger partial charge in [0.25, 0.3) is 0 Å². The van der Waals surface area contributed by atoms with E-state index < -0.39 is 0 Å². The summed E-state index contributed by atoms with van der Waals surface area (Å²) >= 11 is 0. The first-order valence-corrected chi connectivity index (χ1v) is 7.23. The number of aromatic nitrogens is 1. The molecule has 0 aromatic carbocycles. The standard InChI is InChI=1S/C15H25N3/c1-2-7-13-8-4-6-11-18(13)15(12-16)14-9-3-5-10-17-14/h3,5,9-10,13,15H,2,4,6-8,11-12,16H2,1H3. The lowest BCUT2D eigenvalue weighted by Gasteiger charge is -2.40. The van der Waals surface area contributed by atoms with Crippen molar-refractivity contribution < 1.29 is 0 Å². The summed E-state index contributed by atoms with van der Waals surface area (Å²) in [6.07, 6.45) is 8.38. The van der Waals surface area contributed by atoms with Gasteiger partial charge < -0.3 is 5.73 Å². The number of nitrogens with two attached hydrogens (primary N) is 1. The predicted molar refractivity (Wildman–Crippen MR) is 75.3 cm³/mol. The van der Waals surface area contributed by atoms with Crippen molar-refractivity contribution in [2.75, 3.05) is 13.1 Å². The number of rotatable bonds is 5. The molecule has 2 rings (SSSR count). The van der Waals surface area contributed by atoms with Crippen LogP contribution in [0.3, 0.4) is 0 Å². The lowest BCUT2D eigenvalue weighted by molar-refractivity contribution is 0.0892. The summed E-state index contributed by atoms with van der Waals surface area (Å²) in [7, 11) is 0. The Hall–Kier alpha value is -0.930. The highest BCUT2D eigenvalue weighted by Crippen LogP contribution is 2.29. The lowest BCUT2D eigenvalue weighted by atomic mass is 9.95. The SMILES string of the molecule is CCCC1CCCCN1C(CN)c1ccccn1. The molecule has 2 atom stereocenters. The van der Waals surface area contributed by atoms with Crippen molar-refractivity contribution in [1.29, 1.82) is 0 Å². The third-order valence-corrected chi connectivity index (χ3v) is 3.95. The smallest absolute Gasteiger partial charge is 0.0646 e. The van der Waals surface area contributed by atoms with Gasteiger partial charge in [-0.3, -0.25) is 9.88 Å². The van der Waals surface area contributed by atoms with Crippen molar-refractivity contribution in [2.24, 2.45) is 5.73 Å². The number of hydrogen-bond acceptors (Lipinski definition) is 3. The monoisotopic (exact) mass is 247 g/mol. The van der Waals surface area contributed by atoms with Gasteiger partial charge in [-0.2, -0.15) is 0 Å². The maximum atomic E-state index is 6.01. The van der Waals surface area contributed by atoms with Crippen LogP contribution in [0.1, 0.15) is 50.8 Å². The highest BCUT2D eigenvalue weighted by Gasteiger charge is 2.28. The molecule has 1 fully saturated rings. The number of piperidine rings is 1. The van der Waals surface area contributed by atoms with Crippen LogP contribution in [0.2, 0.25) is 0 Å². The first-order valence-electron chi connectivity index (χ1n) is 7.23. The molecule has 18 heavy (non-hydrogen) atoms. The molecule has 3 nitrogen and oxygen atoms in total. The van der Waals surface area contributed by atoms with E-state index in [4.69, 9.17) is 5.73 Å². The Balaban J connectivity index is 2.14. The minimum absolute atomic E-state index is 0.294. The van der Waals surface area contributed by atoms with E-state index >= 15 is 0 Å². The molecule has 0 amide bonds. The van der Waals surface area contributed by atoms with Gasteiger partial charge in [0.2, 0.25) is 0 Å². The number of hydrogen-bond donors (Lipinski definition) is 1. The highest BCUT2D eigenvalue weighted by molar-refractivity contribution is 5.10. The summed E-state index contributed by atoms with van der Waals surface area (Å²) in [6.45, 7) is 4.10. The zero-order valence-corrected chi connectivity index (χ0v) is 11.4. The molecule has 3 heteroatoms. The third-order valence-electron chi connectivity index (χ3n) is 3.95. The fraction of sp³-hybridized carbons (Fsp3) is 0.667. The summed E-state index contributed by atoms with van der Waals surface area (Å²) in [5.41, 5.74) is 7.14. The summed E-state index contributed by atoms with van der Waals surface area (Å²) in [5, 5.41) is 0. The van der Waals surface area contributed by atoms with Gasteiger partial charge in [-0.1, -0.05) is 25.8 Å². The molecule has 2 unspecified atom stereocenters. The molecule has 1 aromatic heterocycles. The van der Waals surface area contributed by atoms with E-state index in [1.165, 1.54) is 38.6 Å². The van der Waals surface area contributed by atoms with Gasteiger partial charge in [-0.15, -0.1) is 0 Å². The second kappa shape index (κ2) is 6.86. The molecule has 1 aliphatic rings. The van der Waals surface area contributed by atoms with Gasteiger partial charge in [0.1, 0.15) is 0 Å². The third kappa shape index (κ3) is 3.09. The van der Waals surface area contributed by atoms with Crippen molar-refractivity contribution in [3.8, 4) is 0 Å². The summed E-state index contributed by atoms with van der Waals surface area (Å²) in [5.74, 6) is 0. The zero-order valence-electron chi connectivity index (χ0n) is 11.4. The Bertz CT molecular complexity index is 337. The maximum Gasteiger partial charge on any atom is 0.0646 e. The summed E-state index contributed by atoms with van der Waals surface area (Å²) in [4.78, 5) is 7.09. The number of pyridine rings is 1. The largest absolute Gasteiger partial charge is 0.329 e. The van der Waals surface area contributed by atoms with Crippen molar-refractivity contribution in [3.63, 3.8) is 0 Å². The second-order valence-electron chi connectivity index (χ2n) is 5.18. The van der Waals surface area contributed by atoms with Crippen LogP contribution in [0, 0.1) is 0 Å². The molecule has 100 valence electrons. The van der Waals surface area contributed by atoms with Crippen molar-refractivity contribution in [1.82, 2.24) is 9.88 Å². The Morgan fingerprint density at radius 2 is 2.33 bits per heavy atom. The molecule has 1 aromatic rings. The minimum Gasteiger partial charge on any atom is -0.329 e. The topological polar surface area (TPSA) is 42.1 Å². The fourth-order valence-corrected chi connectivity index (χ4v) is 3.08. The first kappa shape index (κ1) is 13.5. The normalized spacial score (nSPS) is 22.9. The molecule has 0 radical (unpaired) electrons. The van der Waals surface area contributed by atoms with Gasteiger partial charge in [-0.05, 0) is 37.9 Å². The molecule has 2 N–H and O–H groups in total. The quantitative estimate of drug-likeness (QED) is 0.870.